The van der Waals surface area contributed by atoms with Crippen LogP contribution in [0.4, 0.5) is 16.2 Å². The zero-order valence-electron chi connectivity index (χ0n) is 14.0. The summed E-state index contributed by atoms with van der Waals surface area (Å²) in [6, 6.07) is 13.6. The smallest absolute Gasteiger partial charge is 0.429 e. The predicted octanol–water partition coefficient (Wildman–Crippen LogP) is -1.26. The minimum absolute atomic E-state index is 0. The average molecular weight is 477 g/mol. The molecule has 2 aromatic rings. The molecule has 0 aliphatic carbocycles. The summed E-state index contributed by atoms with van der Waals surface area (Å²) < 4.78 is -0.138. The highest BCUT2D eigenvalue weighted by Gasteiger charge is 2.36. The van der Waals surface area contributed by atoms with Crippen molar-refractivity contribution in [3.8, 4) is 0 Å². The van der Waals surface area contributed by atoms with Crippen molar-refractivity contribution < 1.29 is 38.4 Å². The maximum Gasteiger partial charge on any atom is 0.429 e. The van der Waals surface area contributed by atoms with Gasteiger partial charge < -0.3 is 35.4 Å². The number of nitrogens with one attached hydrogen (secondary N) is 1. The minimum Gasteiger partial charge on any atom is -1.00 e. The maximum absolute atomic E-state index is 11.4. The van der Waals surface area contributed by atoms with Gasteiger partial charge in [0.25, 0.3) is 11.8 Å². The summed E-state index contributed by atoms with van der Waals surface area (Å²) in [4.78, 5) is 37.4. The molecule has 2 heterocycles. The van der Waals surface area contributed by atoms with Crippen LogP contribution < -0.4 is 45.2 Å². The number of para-hydroxylation sites is 1. The number of anilines is 1. The normalized spacial score (nSPS) is 18.8. The third-order valence-corrected chi connectivity index (χ3v) is 3.98. The minimum atomic E-state index is -0.464. The van der Waals surface area contributed by atoms with Crippen molar-refractivity contribution in [1.82, 2.24) is 9.80 Å². The van der Waals surface area contributed by atoms with E-state index in [-0.39, 0.29) is 34.4 Å². The van der Waals surface area contributed by atoms with Gasteiger partial charge >= 0.3 is 6.03 Å². The van der Waals surface area contributed by atoms with Gasteiger partial charge in [0.2, 0.25) is 6.34 Å². The number of carbonyl (C=O) groups excluding carboxylic acids is 3. The van der Waals surface area contributed by atoms with Gasteiger partial charge in [-0.05, 0) is 12.1 Å². The maximum atomic E-state index is 11.4. The summed E-state index contributed by atoms with van der Waals surface area (Å²) in [6.45, 7) is 0. The molecule has 9 heteroatoms. The van der Waals surface area contributed by atoms with Gasteiger partial charge in [-0.15, -0.1) is 4.48 Å². The van der Waals surface area contributed by atoms with Crippen molar-refractivity contribution in [3.05, 3.63) is 72.1 Å². The number of fused-ring (bicyclic) bond motifs is 1. The topological polar surface area (TPSA) is 128 Å². The lowest BCUT2D eigenvalue weighted by Gasteiger charge is -2.20. The Labute approximate surface area is 172 Å². The van der Waals surface area contributed by atoms with Crippen LogP contribution in [-0.2, 0) is 0 Å². The van der Waals surface area contributed by atoms with Crippen LogP contribution in [0.2, 0.25) is 0 Å². The van der Waals surface area contributed by atoms with Crippen LogP contribution in [0, 0.1) is 0 Å². The Morgan fingerprint density at radius 2 is 1.70 bits per heavy atom. The fraction of sp³-hybridized carbons (Fsp3) is 0. The fourth-order valence-electron chi connectivity index (χ4n) is 2.66. The van der Waals surface area contributed by atoms with Crippen molar-refractivity contribution in [2.75, 3.05) is 5.73 Å². The largest absolute Gasteiger partial charge is 1.00 e. The third kappa shape index (κ3) is 3.73. The summed E-state index contributed by atoms with van der Waals surface area (Å²) in [5.74, 6) is -0.782. The number of carbonyl (C=O) groups is 3. The highest BCUT2D eigenvalue weighted by atomic mass is 127. The van der Waals surface area contributed by atoms with Crippen molar-refractivity contribution in [3.63, 3.8) is 0 Å². The van der Waals surface area contributed by atoms with Crippen LogP contribution in [-0.4, -0.2) is 24.2 Å². The first-order chi connectivity index (χ1) is 12.5. The molecule has 1 atom stereocenters. The van der Waals surface area contributed by atoms with Gasteiger partial charge in [0.1, 0.15) is 6.20 Å². The molecule has 138 valence electrons. The Morgan fingerprint density at radius 3 is 2.26 bits per heavy atom. The van der Waals surface area contributed by atoms with Crippen molar-refractivity contribution in [2.45, 2.75) is 0 Å². The summed E-state index contributed by atoms with van der Waals surface area (Å²) >= 11 is 0. The summed E-state index contributed by atoms with van der Waals surface area (Å²) in [5.41, 5.74) is 12.7. The Hall–Kier alpha value is -3.05. The van der Waals surface area contributed by atoms with Crippen LogP contribution in [0.3, 0.4) is 0 Å². The van der Waals surface area contributed by atoms with Crippen LogP contribution in [0.25, 0.3) is 0 Å². The highest BCUT2D eigenvalue weighted by Crippen LogP contribution is 2.24. The van der Waals surface area contributed by atoms with E-state index in [1.54, 1.807) is 30.6 Å². The number of nitrogens with two attached hydrogens (primary N) is 2. The summed E-state index contributed by atoms with van der Waals surface area (Å²) in [6.07, 6.45) is 4.73. The highest BCUT2D eigenvalue weighted by molar-refractivity contribution is 6.23. The molecule has 8 nitrogen and oxygen atoms in total. The second-order valence-electron chi connectivity index (χ2n) is 5.57. The van der Waals surface area contributed by atoms with Gasteiger partial charge in [0, 0.05) is 17.8 Å². The molecular formula is C18H16IN5O3. The molecule has 4 amide bonds. The van der Waals surface area contributed by atoms with Crippen LogP contribution >= 0.6 is 0 Å². The second-order valence-corrected chi connectivity index (χ2v) is 5.57. The number of hydrogen-bond acceptors (Lipinski definition) is 5. The van der Waals surface area contributed by atoms with E-state index in [4.69, 9.17) is 11.5 Å². The second kappa shape index (κ2) is 8.10. The molecule has 0 fully saturated rings. The van der Waals surface area contributed by atoms with Gasteiger partial charge in [-0.1, -0.05) is 24.3 Å². The van der Waals surface area contributed by atoms with E-state index in [9.17, 15) is 14.4 Å². The molecule has 2 aromatic carbocycles. The van der Waals surface area contributed by atoms with Gasteiger partial charge in [-0.3, -0.25) is 14.9 Å². The lowest BCUT2D eigenvalue weighted by atomic mass is 10.1. The first-order valence-corrected chi connectivity index (χ1v) is 7.66. The number of nitrogens with zero attached hydrogens (tertiary/aromatic N) is 2. The standard InChI is InChI=1S/C10H9N3O.C8H6N2O2.HI/c11-10(14)13(7-6-12-8-13)9-4-2-1-3-5-9;9-5-3-1-2-4-6(5)8(12)10-7(4)11;/h1-8H,(H-,11,14);1-3H,9H2,(H,10,11,12);1H. The van der Waals surface area contributed by atoms with Gasteiger partial charge in [0.15, 0.2) is 5.69 Å². The van der Waals surface area contributed by atoms with E-state index in [0.29, 0.717) is 16.8 Å². The monoisotopic (exact) mass is 477 g/mol. The van der Waals surface area contributed by atoms with E-state index in [1.165, 1.54) is 6.34 Å². The van der Waals surface area contributed by atoms with E-state index < -0.39 is 11.9 Å². The number of quaternary nitrogens is 1. The third-order valence-electron chi connectivity index (χ3n) is 3.98. The van der Waals surface area contributed by atoms with Gasteiger partial charge in [-0.2, -0.15) is 0 Å². The van der Waals surface area contributed by atoms with Crippen molar-refractivity contribution in [1.29, 1.82) is 0 Å². The number of rotatable bonds is 1. The molecule has 0 radical (unpaired) electrons. The lowest BCUT2D eigenvalue weighted by molar-refractivity contribution is -0.0000268. The zero-order chi connectivity index (χ0) is 18.7. The fourth-order valence-corrected chi connectivity index (χ4v) is 2.66. The summed E-state index contributed by atoms with van der Waals surface area (Å²) in [7, 11) is 0. The first kappa shape index (κ1) is 20.3. The van der Waals surface area contributed by atoms with E-state index in [1.807, 2.05) is 30.3 Å². The number of primary amides is 1. The molecule has 0 bridgehead atoms. The molecule has 5 N–H and O–H groups in total. The number of benzene rings is 2. The number of nitrogen functional groups attached to an aromatic ring is 1. The number of halogens is 1. The average Bonchev–Trinajstić information content (AvgIpc) is 3.23. The Bertz CT molecular complexity index is 945. The van der Waals surface area contributed by atoms with Gasteiger partial charge in [0.05, 0.1) is 17.3 Å². The van der Waals surface area contributed by atoms with Crippen molar-refractivity contribution in [2.24, 2.45) is 10.7 Å². The zero-order valence-corrected chi connectivity index (χ0v) is 16.2. The lowest BCUT2D eigenvalue weighted by Crippen LogP contribution is -3.00. The Balaban J connectivity index is 0.000000189. The molecule has 4 rings (SSSR count). The SMILES string of the molecule is NC(=O)[N+]1(c2ccccc2)C=CN=C1.Nc1cccc2c1C(=O)NC2=O.[I-]. The molecule has 0 saturated carbocycles. The number of hydrogen-bond donors (Lipinski definition) is 3. The first-order valence-electron chi connectivity index (χ1n) is 7.66. The van der Waals surface area contributed by atoms with Crippen LogP contribution in [0.15, 0.2) is 65.9 Å². The van der Waals surface area contributed by atoms with E-state index >= 15 is 0 Å². The van der Waals surface area contributed by atoms with Crippen LogP contribution in [0.5, 0.6) is 0 Å². The van der Waals surface area contributed by atoms with E-state index in [2.05, 4.69) is 10.3 Å². The quantitative estimate of drug-likeness (QED) is 0.205. The molecule has 0 spiro atoms. The Morgan fingerprint density at radius 1 is 1.00 bits per heavy atom. The van der Waals surface area contributed by atoms with E-state index in [0.717, 1.165) is 5.69 Å². The number of imide groups is 1. The number of amides is 4. The molecule has 1 unspecified atom stereocenters. The molecular weight excluding hydrogens is 461 g/mol. The predicted molar refractivity (Wildman–Crippen MR) is 98.1 cm³/mol. The number of aliphatic imine (C=N–C) groups is 1. The molecule has 0 saturated heterocycles. The molecule has 0 aromatic heterocycles. The van der Waals surface area contributed by atoms with Crippen LogP contribution in [0.1, 0.15) is 20.7 Å². The summed E-state index contributed by atoms with van der Waals surface area (Å²) in [5, 5.41) is 2.17. The van der Waals surface area contributed by atoms with Gasteiger partial charge in [-0.25, -0.2) is 9.79 Å². The molecule has 27 heavy (non-hydrogen) atoms. The Kier molecular flexibility index (Phi) is 6.08. The molecule has 2 aliphatic heterocycles. The number of urea groups is 1. The molecule has 2 aliphatic rings. The van der Waals surface area contributed by atoms with Crippen molar-refractivity contribution >= 4 is 35.6 Å².